The normalized spacial score (nSPS) is 21.8. The number of methoxy groups -OCH3 is 1. The molecular formula is C17H26N2O2. The summed E-state index contributed by atoms with van der Waals surface area (Å²) in [6.45, 7) is 3.28. The van der Waals surface area contributed by atoms with Crippen LogP contribution in [0.15, 0.2) is 18.2 Å². The van der Waals surface area contributed by atoms with Crippen molar-refractivity contribution in [3.8, 4) is 0 Å². The van der Waals surface area contributed by atoms with Crippen molar-refractivity contribution in [2.75, 3.05) is 24.7 Å². The molecule has 4 nitrogen and oxygen atoms in total. The summed E-state index contributed by atoms with van der Waals surface area (Å²) in [4.78, 5) is 11.6. The van der Waals surface area contributed by atoms with Gasteiger partial charge in [0.1, 0.15) is 0 Å². The fourth-order valence-electron chi connectivity index (χ4n) is 3.20. The second kappa shape index (κ2) is 7.34. The molecule has 116 valence electrons. The lowest BCUT2D eigenvalue weighted by molar-refractivity contribution is 0.0602. The maximum atomic E-state index is 11.6. The summed E-state index contributed by atoms with van der Waals surface area (Å²) < 4.78 is 4.74. The minimum Gasteiger partial charge on any atom is -0.465 e. The molecule has 3 N–H and O–H groups in total. The van der Waals surface area contributed by atoms with Crippen molar-refractivity contribution in [2.24, 2.45) is 11.8 Å². The molecule has 2 rings (SSSR count). The number of rotatable bonds is 5. The summed E-state index contributed by atoms with van der Waals surface area (Å²) in [5.74, 6) is 1.30. The monoisotopic (exact) mass is 290 g/mol. The Bertz CT molecular complexity index is 488. The van der Waals surface area contributed by atoms with Crippen molar-refractivity contribution < 1.29 is 9.53 Å². The largest absolute Gasteiger partial charge is 0.465 e. The smallest absolute Gasteiger partial charge is 0.340 e. The van der Waals surface area contributed by atoms with E-state index >= 15 is 0 Å². The number of anilines is 2. The van der Waals surface area contributed by atoms with Crippen molar-refractivity contribution in [1.82, 2.24) is 0 Å². The molecule has 1 aromatic rings. The van der Waals surface area contributed by atoms with Crippen LogP contribution in [0.4, 0.5) is 11.4 Å². The van der Waals surface area contributed by atoms with Gasteiger partial charge in [0.25, 0.3) is 0 Å². The van der Waals surface area contributed by atoms with Crippen LogP contribution in [0, 0.1) is 11.8 Å². The fraction of sp³-hybridized carbons (Fsp3) is 0.588. The zero-order valence-electron chi connectivity index (χ0n) is 13.0. The molecule has 1 fully saturated rings. The van der Waals surface area contributed by atoms with E-state index in [-0.39, 0.29) is 0 Å². The van der Waals surface area contributed by atoms with Gasteiger partial charge in [-0.3, -0.25) is 0 Å². The molecule has 1 saturated carbocycles. The second-order valence-electron chi connectivity index (χ2n) is 6.15. The van der Waals surface area contributed by atoms with Gasteiger partial charge in [0.2, 0.25) is 0 Å². The third kappa shape index (κ3) is 4.38. The molecule has 2 atom stereocenters. The molecule has 21 heavy (non-hydrogen) atoms. The van der Waals surface area contributed by atoms with Crippen molar-refractivity contribution in [3.63, 3.8) is 0 Å². The van der Waals surface area contributed by atoms with Crippen molar-refractivity contribution in [3.05, 3.63) is 23.8 Å². The average molecular weight is 290 g/mol. The molecule has 1 aliphatic carbocycles. The Hall–Kier alpha value is -1.71. The van der Waals surface area contributed by atoms with E-state index in [9.17, 15) is 4.79 Å². The lowest BCUT2D eigenvalue weighted by Gasteiger charge is -2.26. The Morgan fingerprint density at radius 1 is 1.43 bits per heavy atom. The van der Waals surface area contributed by atoms with Crippen LogP contribution in [0.1, 0.15) is 49.4 Å². The predicted molar refractivity (Wildman–Crippen MR) is 86.4 cm³/mol. The SMILES string of the molecule is COC(=O)c1cc(NCCC2CCCC(C)C2)ccc1N. The van der Waals surface area contributed by atoms with Gasteiger partial charge < -0.3 is 15.8 Å². The number of ether oxygens (including phenoxy) is 1. The van der Waals surface area contributed by atoms with E-state index in [2.05, 4.69) is 12.2 Å². The van der Waals surface area contributed by atoms with Gasteiger partial charge in [0.05, 0.1) is 12.7 Å². The highest BCUT2D eigenvalue weighted by Crippen LogP contribution is 2.30. The minimum atomic E-state index is -0.391. The summed E-state index contributed by atoms with van der Waals surface area (Å²) in [5, 5.41) is 3.39. The Labute approximate surface area is 127 Å². The molecule has 0 heterocycles. The number of hydrogen-bond acceptors (Lipinski definition) is 4. The van der Waals surface area contributed by atoms with Crippen LogP contribution in [0.25, 0.3) is 0 Å². The number of nitrogen functional groups attached to an aromatic ring is 1. The minimum absolute atomic E-state index is 0.391. The molecule has 0 radical (unpaired) electrons. The van der Waals surface area contributed by atoms with E-state index in [0.29, 0.717) is 11.3 Å². The maximum Gasteiger partial charge on any atom is 0.340 e. The second-order valence-corrected chi connectivity index (χ2v) is 6.15. The Morgan fingerprint density at radius 3 is 2.95 bits per heavy atom. The summed E-state index contributed by atoms with van der Waals surface area (Å²) in [6.07, 6.45) is 6.62. The first kappa shape index (κ1) is 15.7. The van der Waals surface area contributed by atoms with Crippen LogP contribution in [0.3, 0.4) is 0 Å². The van der Waals surface area contributed by atoms with Gasteiger partial charge >= 0.3 is 5.97 Å². The van der Waals surface area contributed by atoms with Crippen LogP contribution in [-0.4, -0.2) is 19.6 Å². The summed E-state index contributed by atoms with van der Waals surface area (Å²) in [5.41, 5.74) is 7.60. The van der Waals surface area contributed by atoms with Gasteiger partial charge in [-0.05, 0) is 42.9 Å². The lowest BCUT2D eigenvalue weighted by atomic mass is 9.81. The van der Waals surface area contributed by atoms with Gasteiger partial charge in [-0.1, -0.05) is 26.2 Å². The van der Waals surface area contributed by atoms with E-state index in [4.69, 9.17) is 10.5 Å². The zero-order chi connectivity index (χ0) is 15.2. The lowest BCUT2D eigenvalue weighted by Crippen LogP contribution is -2.16. The van der Waals surface area contributed by atoms with Crippen LogP contribution >= 0.6 is 0 Å². The standard InChI is InChI=1S/C17H26N2O2/c1-12-4-3-5-13(10-12)8-9-19-14-6-7-16(18)15(11-14)17(20)21-2/h6-7,11-13,19H,3-5,8-10,18H2,1-2H3. The molecule has 4 heteroatoms. The van der Waals surface area contributed by atoms with Gasteiger partial charge in [-0.25, -0.2) is 4.79 Å². The van der Waals surface area contributed by atoms with E-state index in [1.54, 1.807) is 12.1 Å². The number of hydrogen-bond donors (Lipinski definition) is 2. The van der Waals surface area contributed by atoms with E-state index in [1.165, 1.54) is 39.2 Å². The number of nitrogens with one attached hydrogen (secondary N) is 1. The Morgan fingerprint density at radius 2 is 2.24 bits per heavy atom. The van der Waals surface area contributed by atoms with Gasteiger partial charge in [-0.15, -0.1) is 0 Å². The predicted octanol–water partition coefficient (Wildman–Crippen LogP) is 3.68. The summed E-state index contributed by atoms with van der Waals surface area (Å²) in [6, 6.07) is 5.42. The molecule has 0 aliphatic heterocycles. The molecule has 2 unspecified atom stereocenters. The first-order valence-electron chi connectivity index (χ1n) is 7.82. The number of carbonyl (C=O) groups excluding carboxylic acids is 1. The van der Waals surface area contributed by atoms with Crippen LogP contribution in [0.2, 0.25) is 0 Å². The first-order chi connectivity index (χ1) is 10.1. The quantitative estimate of drug-likeness (QED) is 0.641. The third-order valence-electron chi connectivity index (χ3n) is 4.39. The first-order valence-corrected chi connectivity index (χ1v) is 7.82. The van der Waals surface area contributed by atoms with E-state index in [0.717, 1.165) is 24.1 Å². The number of benzene rings is 1. The third-order valence-corrected chi connectivity index (χ3v) is 4.39. The molecule has 0 aromatic heterocycles. The molecule has 0 amide bonds. The maximum absolute atomic E-state index is 11.6. The number of nitrogens with two attached hydrogens (primary N) is 1. The number of esters is 1. The average Bonchev–Trinajstić information content (AvgIpc) is 2.48. The highest BCUT2D eigenvalue weighted by atomic mass is 16.5. The highest BCUT2D eigenvalue weighted by molar-refractivity contribution is 5.96. The fourth-order valence-corrected chi connectivity index (χ4v) is 3.20. The van der Waals surface area contributed by atoms with Crippen molar-refractivity contribution >= 4 is 17.3 Å². The number of carbonyl (C=O) groups is 1. The Balaban J connectivity index is 1.87. The molecule has 0 spiro atoms. The molecule has 0 saturated heterocycles. The summed E-state index contributed by atoms with van der Waals surface area (Å²) in [7, 11) is 1.37. The van der Waals surface area contributed by atoms with Crippen LogP contribution < -0.4 is 11.1 Å². The molecule has 0 bridgehead atoms. The molecule has 1 aromatic carbocycles. The van der Waals surface area contributed by atoms with Gasteiger partial charge in [0, 0.05) is 17.9 Å². The van der Waals surface area contributed by atoms with Crippen molar-refractivity contribution in [2.45, 2.75) is 39.0 Å². The van der Waals surface area contributed by atoms with Gasteiger partial charge in [0.15, 0.2) is 0 Å². The van der Waals surface area contributed by atoms with E-state index in [1.807, 2.05) is 6.07 Å². The van der Waals surface area contributed by atoms with Crippen LogP contribution in [0.5, 0.6) is 0 Å². The van der Waals surface area contributed by atoms with Crippen molar-refractivity contribution in [1.29, 1.82) is 0 Å². The topological polar surface area (TPSA) is 64.3 Å². The molecular weight excluding hydrogens is 264 g/mol. The summed E-state index contributed by atoms with van der Waals surface area (Å²) >= 11 is 0. The highest BCUT2D eigenvalue weighted by Gasteiger charge is 2.18. The van der Waals surface area contributed by atoms with Gasteiger partial charge in [-0.2, -0.15) is 0 Å². The van der Waals surface area contributed by atoms with E-state index < -0.39 is 5.97 Å². The molecule has 1 aliphatic rings. The zero-order valence-corrected chi connectivity index (χ0v) is 13.0. The Kier molecular flexibility index (Phi) is 5.48. The van der Waals surface area contributed by atoms with Crippen LogP contribution in [-0.2, 0) is 4.74 Å².